The van der Waals surface area contributed by atoms with Crippen molar-refractivity contribution in [3.63, 3.8) is 0 Å². The second-order valence-electron chi connectivity index (χ2n) is 4.40. The molecule has 2 aromatic rings. The Hall–Kier alpha value is -1.33. The lowest BCUT2D eigenvalue weighted by atomic mass is 10.2. The van der Waals surface area contributed by atoms with E-state index in [0.717, 1.165) is 6.42 Å². The first kappa shape index (κ1) is 14.1. The van der Waals surface area contributed by atoms with E-state index in [1.807, 2.05) is 11.3 Å². The Kier molecular flexibility index (Phi) is 4.61. The smallest absolute Gasteiger partial charge is 0.224 e. The highest BCUT2D eigenvalue weighted by atomic mass is 35.5. The van der Waals surface area contributed by atoms with Crippen LogP contribution >= 0.6 is 22.9 Å². The summed E-state index contributed by atoms with van der Waals surface area (Å²) >= 11 is 7.91. The molecule has 0 radical (unpaired) electrons. The zero-order valence-electron chi connectivity index (χ0n) is 11.2. The van der Waals surface area contributed by atoms with Gasteiger partial charge in [0.15, 0.2) is 5.82 Å². The summed E-state index contributed by atoms with van der Waals surface area (Å²) in [5.74, 6) is 1.23. The summed E-state index contributed by atoms with van der Waals surface area (Å²) in [7, 11) is 1.78. The highest BCUT2D eigenvalue weighted by Crippen LogP contribution is 2.22. The molecule has 19 heavy (non-hydrogen) atoms. The van der Waals surface area contributed by atoms with Gasteiger partial charge in [0.05, 0.1) is 6.20 Å². The minimum atomic E-state index is 0.259. The largest absolute Gasteiger partial charge is 0.366 e. The molecule has 0 aliphatic carbocycles. The minimum absolute atomic E-state index is 0.259. The second kappa shape index (κ2) is 6.21. The van der Waals surface area contributed by atoms with Crippen molar-refractivity contribution in [1.82, 2.24) is 9.97 Å². The average molecular weight is 297 g/mol. The van der Waals surface area contributed by atoms with Crippen LogP contribution in [0.15, 0.2) is 18.3 Å². The summed E-state index contributed by atoms with van der Waals surface area (Å²) in [5.41, 5.74) is 0. The zero-order valence-corrected chi connectivity index (χ0v) is 12.8. The Balaban J connectivity index is 2.03. The molecule has 6 heteroatoms. The molecule has 0 amide bonds. The molecule has 0 bridgehead atoms. The van der Waals surface area contributed by atoms with Gasteiger partial charge in [-0.2, -0.15) is 4.98 Å². The molecular weight excluding hydrogens is 280 g/mol. The monoisotopic (exact) mass is 296 g/mol. The van der Waals surface area contributed by atoms with Crippen molar-refractivity contribution in [1.29, 1.82) is 0 Å². The number of halogens is 1. The molecule has 0 aromatic carbocycles. The standard InChI is InChI=1S/C13H17ClN4S/c1-8(6-10-5-4-9(2)19-10)17-12-11(14)7-16-13(15-3)18-12/h4-5,7-8H,6H2,1-3H3,(H2,15,16,17,18). The first-order valence-electron chi connectivity index (χ1n) is 6.10. The second-order valence-corrected chi connectivity index (χ2v) is 6.18. The van der Waals surface area contributed by atoms with Gasteiger partial charge in [-0.05, 0) is 26.0 Å². The number of nitrogens with zero attached hydrogens (tertiary/aromatic N) is 2. The van der Waals surface area contributed by atoms with Gasteiger partial charge in [-0.3, -0.25) is 0 Å². The zero-order chi connectivity index (χ0) is 13.8. The summed E-state index contributed by atoms with van der Waals surface area (Å²) in [6.45, 7) is 4.24. The van der Waals surface area contributed by atoms with E-state index in [2.05, 4.69) is 46.6 Å². The first-order valence-corrected chi connectivity index (χ1v) is 7.30. The maximum Gasteiger partial charge on any atom is 0.224 e. The van der Waals surface area contributed by atoms with E-state index >= 15 is 0 Å². The number of hydrogen-bond donors (Lipinski definition) is 2. The third-order valence-electron chi connectivity index (χ3n) is 2.65. The Morgan fingerprint density at radius 3 is 2.84 bits per heavy atom. The number of hydrogen-bond acceptors (Lipinski definition) is 5. The predicted molar refractivity (Wildman–Crippen MR) is 82.4 cm³/mol. The van der Waals surface area contributed by atoms with Crippen molar-refractivity contribution in [2.24, 2.45) is 0 Å². The van der Waals surface area contributed by atoms with E-state index in [9.17, 15) is 0 Å². The van der Waals surface area contributed by atoms with Crippen molar-refractivity contribution >= 4 is 34.7 Å². The Morgan fingerprint density at radius 1 is 1.42 bits per heavy atom. The van der Waals surface area contributed by atoms with E-state index in [1.54, 1.807) is 13.2 Å². The van der Waals surface area contributed by atoms with Crippen LogP contribution in [0.5, 0.6) is 0 Å². The van der Waals surface area contributed by atoms with Crippen molar-refractivity contribution in [3.05, 3.63) is 33.1 Å². The molecule has 0 fully saturated rings. The highest BCUT2D eigenvalue weighted by Gasteiger charge is 2.10. The molecule has 2 N–H and O–H groups in total. The highest BCUT2D eigenvalue weighted by molar-refractivity contribution is 7.11. The van der Waals surface area contributed by atoms with Gasteiger partial charge in [0.25, 0.3) is 0 Å². The van der Waals surface area contributed by atoms with Crippen LogP contribution in [-0.4, -0.2) is 23.1 Å². The Bertz CT molecular complexity index is 555. The number of aromatic nitrogens is 2. The topological polar surface area (TPSA) is 49.8 Å². The number of thiophene rings is 1. The molecule has 1 unspecified atom stereocenters. The molecule has 1 atom stereocenters. The van der Waals surface area contributed by atoms with Crippen LogP contribution in [0.25, 0.3) is 0 Å². The number of anilines is 2. The van der Waals surface area contributed by atoms with Crippen LogP contribution in [0, 0.1) is 6.92 Å². The van der Waals surface area contributed by atoms with Crippen molar-refractivity contribution in [2.75, 3.05) is 17.7 Å². The molecule has 0 saturated heterocycles. The molecule has 0 spiro atoms. The third-order valence-corrected chi connectivity index (χ3v) is 3.95. The van der Waals surface area contributed by atoms with E-state index in [4.69, 9.17) is 11.6 Å². The maximum absolute atomic E-state index is 6.09. The first-order chi connectivity index (χ1) is 9.08. The molecule has 2 aromatic heterocycles. The van der Waals surface area contributed by atoms with Crippen LogP contribution in [0.2, 0.25) is 5.02 Å². The number of aryl methyl sites for hydroxylation is 1. The lowest BCUT2D eigenvalue weighted by Gasteiger charge is -2.15. The quantitative estimate of drug-likeness (QED) is 0.885. The summed E-state index contributed by atoms with van der Waals surface area (Å²) in [5, 5.41) is 6.76. The summed E-state index contributed by atoms with van der Waals surface area (Å²) < 4.78 is 0. The van der Waals surface area contributed by atoms with Gasteiger partial charge in [-0.25, -0.2) is 4.98 Å². The molecule has 2 rings (SSSR count). The van der Waals surface area contributed by atoms with Crippen LogP contribution in [-0.2, 0) is 6.42 Å². The fourth-order valence-electron chi connectivity index (χ4n) is 1.77. The third kappa shape index (κ3) is 3.81. The average Bonchev–Trinajstić information content (AvgIpc) is 2.77. The van der Waals surface area contributed by atoms with Crippen LogP contribution in [0.3, 0.4) is 0 Å². The van der Waals surface area contributed by atoms with Crippen molar-refractivity contribution in [2.45, 2.75) is 26.3 Å². The lowest BCUT2D eigenvalue weighted by Crippen LogP contribution is -2.19. The number of rotatable bonds is 5. The molecule has 0 aliphatic heterocycles. The van der Waals surface area contributed by atoms with Crippen molar-refractivity contribution < 1.29 is 0 Å². The van der Waals surface area contributed by atoms with Gasteiger partial charge in [0.1, 0.15) is 5.02 Å². The van der Waals surface area contributed by atoms with Gasteiger partial charge < -0.3 is 10.6 Å². The van der Waals surface area contributed by atoms with E-state index in [0.29, 0.717) is 16.8 Å². The Labute approximate surface area is 122 Å². The molecule has 0 aliphatic rings. The lowest BCUT2D eigenvalue weighted by molar-refractivity contribution is 0.794. The van der Waals surface area contributed by atoms with Crippen molar-refractivity contribution in [3.8, 4) is 0 Å². The molecular formula is C13H17ClN4S. The Morgan fingerprint density at radius 2 is 2.21 bits per heavy atom. The van der Waals surface area contributed by atoms with Gasteiger partial charge in [-0.15, -0.1) is 11.3 Å². The SMILES string of the molecule is CNc1ncc(Cl)c(NC(C)Cc2ccc(C)s2)n1. The van der Waals surface area contributed by atoms with Crippen LogP contribution in [0.1, 0.15) is 16.7 Å². The van der Waals surface area contributed by atoms with Gasteiger partial charge in [-0.1, -0.05) is 11.6 Å². The van der Waals surface area contributed by atoms with Crippen LogP contribution in [0.4, 0.5) is 11.8 Å². The molecule has 4 nitrogen and oxygen atoms in total. The fourth-order valence-corrected chi connectivity index (χ4v) is 2.93. The summed E-state index contributed by atoms with van der Waals surface area (Å²) in [4.78, 5) is 11.1. The summed E-state index contributed by atoms with van der Waals surface area (Å²) in [6, 6.07) is 4.57. The fraction of sp³-hybridized carbons (Fsp3) is 0.385. The van der Waals surface area contributed by atoms with E-state index in [1.165, 1.54) is 9.75 Å². The molecule has 0 saturated carbocycles. The number of nitrogens with one attached hydrogen (secondary N) is 2. The normalized spacial score (nSPS) is 12.2. The van der Waals surface area contributed by atoms with Gasteiger partial charge in [0, 0.05) is 29.3 Å². The molecule has 102 valence electrons. The van der Waals surface area contributed by atoms with E-state index < -0.39 is 0 Å². The van der Waals surface area contributed by atoms with E-state index in [-0.39, 0.29) is 6.04 Å². The van der Waals surface area contributed by atoms with Gasteiger partial charge >= 0.3 is 0 Å². The summed E-state index contributed by atoms with van der Waals surface area (Å²) in [6.07, 6.45) is 2.55. The maximum atomic E-state index is 6.09. The predicted octanol–water partition coefficient (Wildman–Crippen LogP) is 3.58. The van der Waals surface area contributed by atoms with Crippen LogP contribution < -0.4 is 10.6 Å². The minimum Gasteiger partial charge on any atom is -0.366 e. The van der Waals surface area contributed by atoms with Gasteiger partial charge in [0.2, 0.25) is 5.95 Å². The molecule has 2 heterocycles.